The molecule has 4 heteroatoms. The first-order chi connectivity index (χ1) is 9.22. The molecule has 0 bridgehead atoms. The van der Waals surface area contributed by atoms with Crippen molar-refractivity contribution in [1.82, 2.24) is 10.3 Å². The van der Waals surface area contributed by atoms with Crippen LogP contribution >= 0.6 is 11.3 Å². The summed E-state index contributed by atoms with van der Waals surface area (Å²) < 4.78 is 0. The van der Waals surface area contributed by atoms with Gasteiger partial charge in [-0.1, -0.05) is 24.3 Å². The molecule has 98 valence electrons. The molecule has 1 atom stereocenters. The lowest BCUT2D eigenvalue weighted by molar-refractivity contribution is 0.0929. The number of benzene rings is 1. The molecule has 1 aliphatic carbocycles. The zero-order chi connectivity index (χ0) is 13.2. The summed E-state index contributed by atoms with van der Waals surface area (Å²) in [5, 5.41) is 5.85. The van der Waals surface area contributed by atoms with E-state index in [2.05, 4.69) is 34.6 Å². The molecule has 3 nitrogen and oxygen atoms in total. The number of carbonyl (C=O) groups is 1. The van der Waals surface area contributed by atoms with Crippen molar-refractivity contribution in [2.45, 2.75) is 32.2 Å². The molecule has 0 radical (unpaired) electrons. The largest absolute Gasteiger partial charge is 0.348 e. The van der Waals surface area contributed by atoms with Crippen LogP contribution in [-0.2, 0) is 12.8 Å². The van der Waals surface area contributed by atoms with Crippen LogP contribution in [0, 0.1) is 6.92 Å². The maximum absolute atomic E-state index is 12.1. The highest BCUT2D eigenvalue weighted by Gasteiger charge is 2.21. The predicted molar refractivity (Wildman–Crippen MR) is 76.6 cm³/mol. The van der Waals surface area contributed by atoms with Gasteiger partial charge in [0.25, 0.3) is 5.91 Å². The van der Waals surface area contributed by atoms with Crippen LogP contribution in [0.15, 0.2) is 29.6 Å². The molecule has 1 unspecified atom stereocenters. The third kappa shape index (κ3) is 2.68. The van der Waals surface area contributed by atoms with Gasteiger partial charge in [-0.15, -0.1) is 11.3 Å². The molecule has 19 heavy (non-hydrogen) atoms. The van der Waals surface area contributed by atoms with Crippen molar-refractivity contribution in [1.29, 1.82) is 0 Å². The molecule has 0 fully saturated rings. The molecule has 0 spiro atoms. The van der Waals surface area contributed by atoms with Gasteiger partial charge in [0.1, 0.15) is 5.69 Å². The van der Waals surface area contributed by atoms with Gasteiger partial charge in [0.05, 0.1) is 5.01 Å². The smallest absolute Gasteiger partial charge is 0.270 e. The number of fused-ring (bicyclic) bond motifs is 1. The van der Waals surface area contributed by atoms with Crippen LogP contribution < -0.4 is 5.32 Å². The number of hydrogen-bond acceptors (Lipinski definition) is 3. The number of amides is 1. The number of nitrogens with one attached hydrogen (secondary N) is 1. The monoisotopic (exact) mass is 272 g/mol. The molecule has 1 aliphatic rings. The highest BCUT2D eigenvalue weighted by molar-refractivity contribution is 7.09. The molecule has 3 rings (SSSR count). The minimum absolute atomic E-state index is 0.0475. The standard InChI is InChI=1S/C15H16N2OS/c1-10-16-14(9-19-10)15(18)17-13-7-6-11-4-2-3-5-12(11)8-13/h2-5,9,13H,6-8H2,1H3,(H,17,18). The molecular formula is C15H16N2OS. The van der Waals surface area contributed by atoms with Crippen molar-refractivity contribution in [2.75, 3.05) is 0 Å². The quantitative estimate of drug-likeness (QED) is 0.913. The Bertz CT molecular complexity index is 606. The molecule has 1 aromatic carbocycles. The lowest BCUT2D eigenvalue weighted by Gasteiger charge is -2.25. The van der Waals surface area contributed by atoms with Gasteiger partial charge in [0.15, 0.2) is 0 Å². The van der Waals surface area contributed by atoms with E-state index in [1.165, 1.54) is 22.5 Å². The lowest BCUT2D eigenvalue weighted by Crippen LogP contribution is -2.39. The summed E-state index contributed by atoms with van der Waals surface area (Å²) in [6.45, 7) is 1.91. The molecule has 0 saturated carbocycles. The maximum Gasteiger partial charge on any atom is 0.270 e. The van der Waals surface area contributed by atoms with Crippen LogP contribution in [0.4, 0.5) is 0 Å². The van der Waals surface area contributed by atoms with Crippen LogP contribution in [0.3, 0.4) is 0 Å². The third-order valence-corrected chi connectivity index (χ3v) is 4.31. The average Bonchev–Trinajstić information content (AvgIpc) is 2.85. The topological polar surface area (TPSA) is 42.0 Å². The van der Waals surface area contributed by atoms with Gasteiger partial charge in [0.2, 0.25) is 0 Å². The van der Waals surface area contributed by atoms with Crippen LogP contribution in [0.5, 0.6) is 0 Å². The Hall–Kier alpha value is -1.68. The van der Waals surface area contributed by atoms with Crippen molar-refractivity contribution in [2.24, 2.45) is 0 Å². The second kappa shape index (κ2) is 5.13. The van der Waals surface area contributed by atoms with Gasteiger partial charge in [-0.05, 0) is 37.3 Å². The van der Waals surface area contributed by atoms with Gasteiger partial charge in [0, 0.05) is 11.4 Å². The van der Waals surface area contributed by atoms with Crippen LogP contribution in [0.2, 0.25) is 0 Å². The molecule has 1 amide bonds. The minimum atomic E-state index is -0.0475. The number of hydrogen-bond donors (Lipinski definition) is 1. The summed E-state index contributed by atoms with van der Waals surface area (Å²) in [6.07, 6.45) is 2.97. The Labute approximate surface area is 116 Å². The second-order valence-corrected chi connectivity index (χ2v) is 6.00. The molecule has 0 aliphatic heterocycles. The first-order valence-corrected chi connectivity index (χ1v) is 7.40. The van der Waals surface area contributed by atoms with E-state index in [9.17, 15) is 4.79 Å². The summed E-state index contributed by atoms with van der Waals surface area (Å²) >= 11 is 1.51. The van der Waals surface area contributed by atoms with E-state index < -0.39 is 0 Å². The zero-order valence-electron chi connectivity index (χ0n) is 10.8. The highest BCUT2D eigenvalue weighted by atomic mass is 32.1. The Kier molecular flexibility index (Phi) is 3.34. The van der Waals surface area contributed by atoms with Crippen LogP contribution in [-0.4, -0.2) is 16.9 Å². The van der Waals surface area contributed by atoms with E-state index in [4.69, 9.17) is 0 Å². The number of aromatic nitrogens is 1. The molecular weight excluding hydrogens is 256 g/mol. The van der Waals surface area contributed by atoms with E-state index in [0.29, 0.717) is 5.69 Å². The summed E-state index contributed by atoms with van der Waals surface area (Å²) in [7, 11) is 0. The van der Waals surface area contributed by atoms with Gasteiger partial charge < -0.3 is 5.32 Å². The SMILES string of the molecule is Cc1nc(C(=O)NC2CCc3ccccc3C2)cs1. The van der Waals surface area contributed by atoms with Crippen molar-refractivity contribution in [3.63, 3.8) is 0 Å². The highest BCUT2D eigenvalue weighted by Crippen LogP contribution is 2.21. The van der Waals surface area contributed by atoms with Crippen LogP contribution in [0.25, 0.3) is 0 Å². The number of carbonyl (C=O) groups excluding carboxylic acids is 1. The minimum Gasteiger partial charge on any atom is -0.348 e. The number of thiazole rings is 1. The fourth-order valence-corrected chi connectivity index (χ4v) is 3.14. The third-order valence-electron chi connectivity index (χ3n) is 3.53. The first kappa shape index (κ1) is 12.4. The average molecular weight is 272 g/mol. The Morgan fingerprint density at radius 2 is 2.16 bits per heavy atom. The Morgan fingerprint density at radius 1 is 1.37 bits per heavy atom. The summed E-state index contributed by atoms with van der Waals surface area (Å²) in [5.74, 6) is -0.0475. The van der Waals surface area contributed by atoms with Gasteiger partial charge in [-0.25, -0.2) is 4.98 Å². The molecule has 2 aromatic rings. The summed E-state index contributed by atoms with van der Waals surface area (Å²) in [4.78, 5) is 16.3. The fraction of sp³-hybridized carbons (Fsp3) is 0.333. The molecule has 0 saturated heterocycles. The van der Waals surface area contributed by atoms with E-state index in [0.717, 1.165) is 24.3 Å². The van der Waals surface area contributed by atoms with Crippen molar-refractivity contribution in [3.05, 3.63) is 51.5 Å². The zero-order valence-corrected chi connectivity index (χ0v) is 11.7. The van der Waals surface area contributed by atoms with E-state index in [1.54, 1.807) is 0 Å². The van der Waals surface area contributed by atoms with E-state index in [1.807, 2.05) is 12.3 Å². The first-order valence-electron chi connectivity index (χ1n) is 6.52. The van der Waals surface area contributed by atoms with Crippen molar-refractivity contribution >= 4 is 17.2 Å². The normalized spacial score (nSPS) is 17.8. The predicted octanol–water partition coefficient (Wildman–Crippen LogP) is 2.74. The van der Waals surface area contributed by atoms with Crippen molar-refractivity contribution in [3.8, 4) is 0 Å². The fourth-order valence-electron chi connectivity index (χ4n) is 2.55. The van der Waals surface area contributed by atoms with Gasteiger partial charge in [-0.3, -0.25) is 4.79 Å². The number of rotatable bonds is 2. The van der Waals surface area contributed by atoms with Gasteiger partial charge >= 0.3 is 0 Å². The van der Waals surface area contributed by atoms with Gasteiger partial charge in [-0.2, -0.15) is 0 Å². The maximum atomic E-state index is 12.1. The molecule has 1 aromatic heterocycles. The molecule has 1 heterocycles. The van der Waals surface area contributed by atoms with Crippen molar-refractivity contribution < 1.29 is 4.79 Å². The number of nitrogens with zero attached hydrogens (tertiary/aromatic N) is 1. The lowest BCUT2D eigenvalue weighted by atomic mass is 9.88. The summed E-state index contributed by atoms with van der Waals surface area (Å²) in [5.41, 5.74) is 3.31. The second-order valence-electron chi connectivity index (χ2n) is 4.93. The Balaban J connectivity index is 1.68. The molecule has 1 N–H and O–H groups in total. The summed E-state index contributed by atoms with van der Waals surface area (Å²) in [6, 6.07) is 8.70. The van der Waals surface area contributed by atoms with E-state index >= 15 is 0 Å². The number of aryl methyl sites for hydroxylation is 2. The Morgan fingerprint density at radius 3 is 2.89 bits per heavy atom. The van der Waals surface area contributed by atoms with E-state index in [-0.39, 0.29) is 11.9 Å². The van der Waals surface area contributed by atoms with Crippen LogP contribution in [0.1, 0.15) is 33.0 Å².